The Labute approximate surface area is 154 Å². The highest BCUT2D eigenvalue weighted by atomic mass is 28.4. The van der Waals surface area contributed by atoms with Crippen LogP contribution in [0.1, 0.15) is 65.2 Å². The van der Waals surface area contributed by atoms with Gasteiger partial charge in [-0.15, -0.1) is 0 Å². The summed E-state index contributed by atoms with van der Waals surface area (Å²) in [5, 5.41) is 0. The van der Waals surface area contributed by atoms with Gasteiger partial charge < -0.3 is 4.43 Å². The minimum absolute atomic E-state index is 0.0752. The number of ketones is 1. The lowest BCUT2D eigenvalue weighted by atomic mass is 9.51. The molecule has 25 heavy (non-hydrogen) atoms. The fourth-order valence-corrected chi connectivity index (χ4v) is 8.94. The zero-order valence-electron chi connectivity index (χ0n) is 16.9. The molecule has 0 aromatic rings. The van der Waals surface area contributed by atoms with E-state index in [2.05, 4.69) is 33.5 Å². The first-order valence-corrected chi connectivity index (χ1v) is 14.0. The van der Waals surface area contributed by atoms with Gasteiger partial charge in [0.15, 0.2) is 14.1 Å². The highest BCUT2D eigenvalue weighted by Gasteiger charge is 2.62. The number of carbonyl (C=O) groups is 1. The van der Waals surface area contributed by atoms with Gasteiger partial charge in [0.25, 0.3) is 0 Å². The van der Waals surface area contributed by atoms with Gasteiger partial charge >= 0.3 is 0 Å². The van der Waals surface area contributed by atoms with Gasteiger partial charge in [-0.05, 0) is 107 Å². The minimum Gasteiger partial charge on any atom is -0.412 e. The zero-order chi connectivity index (χ0) is 18.0. The Bertz CT molecular complexity index is 604. The maximum Gasteiger partial charge on any atom is 0.184 e. The summed E-state index contributed by atoms with van der Waals surface area (Å²) in [4.78, 5) is 11.8. The summed E-state index contributed by atoms with van der Waals surface area (Å²) in [6.07, 6.45) is 11.7. The lowest BCUT2D eigenvalue weighted by molar-refractivity contribution is -0.117. The zero-order valence-corrected chi connectivity index (χ0v) is 17.9. The summed E-state index contributed by atoms with van der Waals surface area (Å²) < 4.78 is 6.84. The maximum absolute atomic E-state index is 11.8. The third-order valence-corrected chi connectivity index (χ3v) is 9.42. The molecular formula is C22H36O2Si. The SMILES string of the molecule is C[C@]12CC[C@@H]3[C@@H](CCC4=CC(=O)CC[C@@H]43)[C@H]1CC[C@]2(C)O[Si](C)(C)C. The lowest BCUT2D eigenvalue weighted by Gasteiger charge is -2.57. The van der Waals surface area contributed by atoms with Crippen LogP contribution in [-0.2, 0) is 9.22 Å². The van der Waals surface area contributed by atoms with E-state index in [9.17, 15) is 4.79 Å². The summed E-state index contributed by atoms with van der Waals surface area (Å²) >= 11 is 0. The fourth-order valence-electron chi connectivity index (χ4n) is 7.25. The van der Waals surface area contributed by atoms with Crippen molar-refractivity contribution in [3.63, 3.8) is 0 Å². The molecule has 0 amide bonds. The largest absolute Gasteiger partial charge is 0.412 e. The Morgan fingerprint density at radius 2 is 1.76 bits per heavy atom. The number of carbonyl (C=O) groups excluding carboxylic acids is 1. The van der Waals surface area contributed by atoms with Crippen LogP contribution in [-0.4, -0.2) is 19.7 Å². The van der Waals surface area contributed by atoms with Gasteiger partial charge in [0, 0.05) is 6.42 Å². The Morgan fingerprint density at radius 1 is 1.00 bits per heavy atom. The average Bonchev–Trinajstić information content (AvgIpc) is 2.76. The fraction of sp³-hybridized carbons (Fsp3) is 0.864. The first-order chi connectivity index (χ1) is 11.6. The molecule has 0 N–H and O–H groups in total. The third-order valence-electron chi connectivity index (χ3n) is 8.36. The molecule has 140 valence electrons. The summed E-state index contributed by atoms with van der Waals surface area (Å²) in [7, 11) is -1.54. The van der Waals surface area contributed by atoms with Gasteiger partial charge in [0.2, 0.25) is 0 Å². The van der Waals surface area contributed by atoms with Crippen LogP contribution in [0.15, 0.2) is 11.6 Å². The van der Waals surface area contributed by atoms with E-state index in [1.165, 1.54) is 44.1 Å². The summed E-state index contributed by atoms with van der Waals surface area (Å²) in [5.74, 6) is 3.61. The second kappa shape index (κ2) is 5.79. The van der Waals surface area contributed by atoms with Gasteiger partial charge in [-0.2, -0.15) is 0 Å². The van der Waals surface area contributed by atoms with Gasteiger partial charge in [0.05, 0.1) is 5.60 Å². The van der Waals surface area contributed by atoms with E-state index < -0.39 is 8.32 Å². The predicted octanol–water partition coefficient (Wildman–Crippen LogP) is 5.74. The van der Waals surface area contributed by atoms with E-state index in [4.69, 9.17) is 4.43 Å². The second-order valence-corrected chi connectivity index (χ2v) is 15.2. The number of rotatable bonds is 2. The topological polar surface area (TPSA) is 26.3 Å². The first kappa shape index (κ1) is 18.0. The molecule has 0 bridgehead atoms. The summed E-state index contributed by atoms with van der Waals surface area (Å²) in [6, 6.07) is 0. The highest BCUT2D eigenvalue weighted by Crippen LogP contribution is 2.66. The molecule has 0 spiro atoms. The van der Waals surface area contributed by atoms with E-state index in [1.807, 2.05) is 6.08 Å². The molecule has 3 heteroatoms. The van der Waals surface area contributed by atoms with Gasteiger partial charge in [-0.25, -0.2) is 0 Å². The normalized spacial score (nSPS) is 46.9. The molecule has 4 aliphatic rings. The highest BCUT2D eigenvalue weighted by molar-refractivity contribution is 6.69. The summed E-state index contributed by atoms with van der Waals surface area (Å²) in [6.45, 7) is 12.0. The Kier molecular flexibility index (Phi) is 4.16. The molecule has 4 aliphatic carbocycles. The molecule has 0 aromatic heterocycles. The molecule has 6 atom stereocenters. The molecule has 3 fully saturated rings. The Morgan fingerprint density at radius 3 is 2.48 bits per heavy atom. The predicted molar refractivity (Wildman–Crippen MR) is 105 cm³/mol. The van der Waals surface area contributed by atoms with E-state index >= 15 is 0 Å². The molecule has 0 unspecified atom stereocenters. The number of hydrogen-bond acceptors (Lipinski definition) is 2. The Hall–Kier alpha value is -0.413. The molecule has 0 saturated heterocycles. The van der Waals surface area contributed by atoms with Crippen molar-refractivity contribution in [1.82, 2.24) is 0 Å². The van der Waals surface area contributed by atoms with Crippen LogP contribution in [0.25, 0.3) is 0 Å². The monoisotopic (exact) mass is 360 g/mol. The van der Waals surface area contributed by atoms with Gasteiger partial charge in [-0.1, -0.05) is 12.5 Å². The van der Waals surface area contributed by atoms with Gasteiger partial charge in [-0.3, -0.25) is 4.79 Å². The number of fused-ring (bicyclic) bond motifs is 5. The van der Waals surface area contributed by atoms with Crippen molar-refractivity contribution in [3.8, 4) is 0 Å². The van der Waals surface area contributed by atoms with Crippen LogP contribution in [0.3, 0.4) is 0 Å². The van der Waals surface area contributed by atoms with Crippen molar-refractivity contribution in [2.45, 2.75) is 90.5 Å². The van der Waals surface area contributed by atoms with Crippen molar-refractivity contribution in [2.24, 2.45) is 29.1 Å². The molecule has 0 aromatic carbocycles. The molecule has 0 radical (unpaired) electrons. The van der Waals surface area contributed by atoms with Crippen LogP contribution in [0.5, 0.6) is 0 Å². The molecule has 2 nitrogen and oxygen atoms in total. The van der Waals surface area contributed by atoms with Crippen LogP contribution >= 0.6 is 0 Å². The molecule has 0 aliphatic heterocycles. The van der Waals surface area contributed by atoms with Crippen molar-refractivity contribution in [1.29, 1.82) is 0 Å². The van der Waals surface area contributed by atoms with Gasteiger partial charge in [0.1, 0.15) is 0 Å². The minimum atomic E-state index is -1.54. The second-order valence-electron chi connectivity index (χ2n) is 10.7. The van der Waals surface area contributed by atoms with Crippen LogP contribution in [0.4, 0.5) is 0 Å². The molecule has 4 rings (SSSR count). The van der Waals surface area contributed by atoms with Crippen molar-refractivity contribution >= 4 is 14.1 Å². The van der Waals surface area contributed by atoms with Crippen molar-refractivity contribution < 1.29 is 9.22 Å². The van der Waals surface area contributed by atoms with E-state index in [0.29, 0.717) is 17.1 Å². The van der Waals surface area contributed by atoms with Crippen molar-refractivity contribution in [2.75, 3.05) is 0 Å². The Balaban J connectivity index is 1.60. The quantitative estimate of drug-likeness (QED) is 0.587. The first-order valence-electron chi connectivity index (χ1n) is 10.6. The summed E-state index contributed by atoms with van der Waals surface area (Å²) in [5.41, 5.74) is 1.92. The van der Waals surface area contributed by atoms with Crippen LogP contribution < -0.4 is 0 Å². The van der Waals surface area contributed by atoms with Crippen LogP contribution in [0, 0.1) is 29.1 Å². The standard InChI is InChI=1S/C22H36O2Si/c1-21-12-10-18-17-9-7-16(23)14-15(17)6-8-19(18)20(21)11-13-22(21,2)24-25(3,4)5/h14,17-20H,6-13H2,1-5H3/t17-,18-,19+,20+,21-,22-/m0/s1. The lowest BCUT2D eigenvalue weighted by Crippen LogP contribution is -2.55. The number of hydrogen-bond donors (Lipinski definition) is 0. The van der Waals surface area contributed by atoms with E-state index in [-0.39, 0.29) is 5.60 Å². The molecule has 0 heterocycles. The third kappa shape index (κ3) is 2.81. The van der Waals surface area contributed by atoms with E-state index in [0.717, 1.165) is 30.6 Å². The molecule has 3 saturated carbocycles. The smallest absolute Gasteiger partial charge is 0.184 e. The van der Waals surface area contributed by atoms with Crippen molar-refractivity contribution in [3.05, 3.63) is 11.6 Å². The van der Waals surface area contributed by atoms with E-state index in [1.54, 1.807) is 0 Å². The maximum atomic E-state index is 11.8. The number of allylic oxidation sites excluding steroid dienone is 1. The van der Waals surface area contributed by atoms with Crippen LogP contribution in [0.2, 0.25) is 19.6 Å². The average molecular weight is 361 g/mol. The molecular weight excluding hydrogens is 324 g/mol.